The van der Waals surface area contributed by atoms with Gasteiger partial charge < -0.3 is 24.8 Å². The van der Waals surface area contributed by atoms with Crippen molar-refractivity contribution in [3.8, 4) is 23.1 Å². The molecule has 1 aromatic heterocycles. The van der Waals surface area contributed by atoms with Crippen LogP contribution < -0.4 is 10.2 Å². The minimum Gasteiger partial charge on any atom is -0.366 e. The van der Waals surface area contributed by atoms with Crippen molar-refractivity contribution in [1.82, 2.24) is 20.1 Å². The van der Waals surface area contributed by atoms with Gasteiger partial charge in [-0.25, -0.2) is 4.98 Å². The molecule has 0 spiro atoms. The maximum absolute atomic E-state index is 13.9. The third kappa shape index (κ3) is 6.24. The number of hydrogen-bond donors (Lipinski definition) is 1. The first-order chi connectivity index (χ1) is 20.3. The zero-order valence-electron chi connectivity index (χ0n) is 24.5. The highest BCUT2D eigenvalue weighted by atomic mass is 32.1. The Morgan fingerprint density at radius 3 is 2.55 bits per heavy atom. The third-order valence-corrected chi connectivity index (χ3v) is 9.44. The van der Waals surface area contributed by atoms with E-state index in [1.54, 1.807) is 28.4 Å². The molecule has 1 saturated carbocycles. The van der Waals surface area contributed by atoms with Crippen LogP contribution in [0.4, 0.5) is 5.13 Å². The average molecular weight is 590 g/mol. The van der Waals surface area contributed by atoms with Crippen LogP contribution in [-0.4, -0.2) is 96.9 Å². The maximum Gasteiger partial charge on any atom is 0.251 e. The Kier molecular flexibility index (Phi) is 8.35. The van der Waals surface area contributed by atoms with Crippen molar-refractivity contribution in [3.63, 3.8) is 0 Å². The molecule has 3 saturated heterocycles. The summed E-state index contributed by atoms with van der Waals surface area (Å²) < 4.78 is 5.79. The number of amides is 2. The van der Waals surface area contributed by atoms with E-state index >= 15 is 0 Å². The fraction of sp³-hybridized carbons (Fsp3) is 0.562. The third-order valence-electron chi connectivity index (χ3n) is 8.54. The second-order valence-electron chi connectivity index (χ2n) is 12.4. The summed E-state index contributed by atoms with van der Waals surface area (Å²) in [5.74, 6) is 6.34. The number of benzene rings is 1. The summed E-state index contributed by atoms with van der Waals surface area (Å²) in [6.45, 7) is 8.37. The summed E-state index contributed by atoms with van der Waals surface area (Å²) in [7, 11) is 2.14. The van der Waals surface area contributed by atoms with Crippen molar-refractivity contribution < 1.29 is 19.1 Å². The molecule has 4 heterocycles. The van der Waals surface area contributed by atoms with Gasteiger partial charge in [-0.2, -0.15) is 0 Å². The Hall–Kier alpha value is -3.26. The number of nitrogens with zero attached hydrogens (tertiary/aromatic N) is 4. The minimum absolute atomic E-state index is 0.00410. The van der Waals surface area contributed by atoms with Gasteiger partial charge in [0.2, 0.25) is 5.91 Å². The Labute approximate surface area is 251 Å². The average Bonchev–Trinajstić information content (AvgIpc) is 3.36. The molecule has 3 aliphatic heterocycles. The molecule has 4 fully saturated rings. The molecule has 1 aliphatic carbocycles. The number of ether oxygens (including phenoxy) is 1. The molecule has 10 heteroatoms. The summed E-state index contributed by atoms with van der Waals surface area (Å²) in [6.07, 6.45) is 2.30. The van der Waals surface area contributed by atoms with E-state index in [2.05, 4.69) is 39.4 Å². The van der Waals surface area contributed by atoms with Crippen molar-refractivity contribution in [2.75, 3.05) is 51.3 Å². The van der Waals surface area contributed by atoms with Gasteiger partial charge in [-0.1, -0.05) is 37.8 Å². The van der Waals surface area contributed by atoms with Crippen LogP contribution in [0.15, 0.2) is 29.6 Å². The highest BCUT2D eigenvalue weighted by Gasteiger charge is 2.52. The highest BCUT2D eigenvalue weighted by Crippen LogP contribution is 2.34. The lowest BCUT2D eigenvalue weighted by molar-refractivity contribution is -0.138. The molecule has 0 radical (unpaired) electrons. The van der Waals surface area contributed by atoms with E-state index in [-0.39, 0.29) is 36.0 Å². The van der Waals surface area contributed by atoms with Crippen LogP contribution >= 0.6 is 11.3 Å². The number of ketones is 1. The van der Waals surface area contributed by atoms with Crippen molar-refractivity contribution in [2.24, 2.45) is 17.8 Å². The van der Waals surface area contributed by atoms with Gasteiger partial charge in [0.1, 0.15) is 24.8 Å². The molecular formula is C32H39N5O4S. The first kappa shape index (κ1) is 28.8. The fourth-order valence-electron chi connectivity index (χ4n) is 5.93. The molecule has 9 nitrogen and oxygen atoms in total. The number of anilines is 1. The van der Waals surface area contributed by atoms with Gasteiger partial charge in [0.25, 0.3) is 5.91 Å². The first-order valence-corrected chi connectivity index (χ1v) is 15.9. The Morgan fingerprint density at radius 1 is 1.12 bits per heavy atom. The molecular weight excluding hydrogens is 550 g/mol. The maximum atomic E-state index is 13.9. The van der Waals surface area contributed by atoms with Crippen LogP contribution in [0.2, 0.25) is 0 Å². The lowest BCUT2D eigenvalue weighted by Gasteiger charge is -2.32. The molecule has 2 aromatic rings. The zero-order valence-corrected chi connectivity index (χ0v) is 25.4. The van der Waals surface area contributed by atoms with Crippen LogP contribution in [-0.2, 0) is 14.3 Å². The van der Waals surface area contributed by atoms with Crippen LogP contribution in [0.1, 0.15) is 43.5 Å². The summed E-state index contributed by atoms with van der Waals surface area (Å²) in [5, 5.41) is 6.05. The smallest absolute Gasteiger partial charge is 0.251 e. The highest BCUT2D eigenvalue weighted by molar-refractivity contribution is 7.14. The van der Waals surface area contributed by atoms with E-state index in [1.807, 2.05) is 26.0 Å². The van der Waals surface area contributed by atoms with Gasteiger partial charge in [0, 0.05) is 55.1 Å². The number of likely N-dealkylation sites (N-methyl/N-ethyl adjacent to an activating group) is 1. The van der Waals surface area contributed by atoms with Gasteiger partial charge in [0.05, 0.1) is 11.6 Å². The number of piperazine rings is 1. The number of Topliss-reactive ketones (excluding diaryl/α,β-unsaturated/α-hetero) is 1. The first-order valence-electron chi connectivity index (χ1n) is 15.0. The van der Waals surface area contributed by atoms with Gasteiger partial charge in [-0.15, -0.1) is 11.3 Å². The van der Waals surface area contributed by atoms with Gasteiger partial charge in [0.15, 0.2) is 10.9 Å². The standard InChI is InChI=1S/C32H39N5O4S/c1-20(2)16-25(31(40)37-17-24(7-6-21-4-5-21)29-28(37)27(38)18-41-29)33-30(39)23-10-8-22(9-11-23)26-19-42-32(34-26)36-14-12-35(3)13-15-36/h8-11,19-21,24-25,28-29H,4-5,12-18H2,1-3H3,(H,33,39). The van der Waals surface area contributed by atoms with E-state index in [0.29, 0.717) is 24.4 Å². The van der Waals surface area contributed by atoms with Crippen molar-refractivity contribution in [1.29, 1.82) is 0 Å². The summed E-state index contributed by atoms with van der Waals surface area (Å²) >= 11 is 1.64. The van der Waals surface area contributed by atoms with Crippen LogP contribution in [0, 0.1) is 29.6 Å². The van der Waals surface area contributed by atoms with Crippen molar-refractivity contribution >= 4 is 34.1 Å². The van der Waals surface area contributed by atoms with Crippen molar-refractivity contribution in [2.45, 2.75) is 51.3 Å². The van der Waals surface area contributed by atoms with Crippen LogP contribution in [0.25, 0.3) is 11.3 Å². The molecule has 0 bridgehead atoms. The molecule has 6 rings (SSSR count). The number of hydrogen-bond acceptors (Lipinski definition) is 8. The second kappa shape index (κ2) is 12.2. The van der Waals surface area contributed by atoms with E-state index in [4.69, 9.17) is 9.72 Å². The van der Waals surface area contributed by atoms with Gasteiger partial charge in [-0.3, -0.25) is 14.4 Å². The Bertz CT molecular complexity index is 1380. The number of aromatic nitrogens is 1. The fourth-order valence-corrected chi connectivity index (χ4v) is 6.82. The second-order valence-corrected chi connectivity index (χ2v) is 13.2. The van der Waals surface area contributed by atoms with Crippen molar-refractivity contribution in [3.05, 3.63) is 35.2 Å². The SMILES string of the molecule is CC(C)CC(NC(=O)c1ccc(-c2csc(N3CCN(C)CC3)n2)cc1)C(=O)N1CC(C#CC2CC2)C2OCC(=O)C21. The number of rotatable bonds is 7. The predicted octanol–water partition coefficient (Wildman–Crippen LogP) is 2.91. The van der Waals surface area contributed by atoms with Gasteiger partial charge in [-0.05, 0) is 44.4 Å². The number of fused-ring (bicyclic) bond motifs is 1. The van der Waals surface area contributed by atoms with Crippen LogP contribution in [0.3, 0.4) is 0 Å². The van der Waals surface area contributed by atoms with E-state index in [0.717, 1.165) is 55.4 Å². The molecule has 4 aliphatic rings. The monoisotopic (exact) mass is 589 g/mol. The summed E-state index contributed by atoms with van der Waals surface area (Å²) in [5.41, 5.74) is 2.31. The normalized spacial score (nSPS) is 24.9. The summed E-state index contributed by atoms with van der Waals surface area (Å²) in [4.78, 5) is 51.1. The number of carbonyl (C=O) groups excluding carboxylic acids is 3. The Morgan fingerprint density at radius 2 is 1.86 bits per heavy atom. The minimum atomic E-state index is -0.744. The molecule has 4 unspecified atom stereocenters. The van der Waals surface area contributed by atoms with Crippen LogP contribution in [0.5, 0.6) is 0 Å². The van der Waals surface area contributed by atoms with E-state index in [9.17, 15) is 14.4 Å². The molecule has 1 aromatic carbocycles. The lowest BCUT2D eigenvalue weighted by Crippen LogP contribution is -2.52. The molecule has 4 atom stereocenters. The molecule has 2 amide bonds. The molecule has 222 valence electrons. The Balaban J connectivity index is 1.13. The van der Waals surface area contributed by atoms with E-state index < -0.39 is 18.2 Å². The summed E-state index contributed by atoms with van der Waals surface area (Å²) in [6, 6.07) is 5.99. The number of thiazole rings is 1. The van der Waals surface area contributed by atoms with Gasteiger partial charge >= 0.3 is 0 Å². The molecule has 42 heavy (non-hydrogen) atoms. The number of carbonyl (C=O) groups is 3. The number of likely N-dealkylation sites (tertiary alicyclic amines) is 1. The van der Waals surface area contributed by atoms with E-state index in [1.165, 1.54) is 0 Å². The lowest BCUT2D eigenvalue weighted by atomic mass is 10.0. The zero-order chi connectivity index (χ0) is 29.4. The predicted molar refractivity (Wildman–Crippen MR) is 162 cm³/mol. The number of nitrogens with one attached hydrogen (secondary N) is 1. The largest absolute Gasteiger partial charge is 0.366 e. The molecule has 1 N–H and O–H groups in total. The topological polar surface area (TPSA) is 95.1 Å². The quantitative estimate of drug-likeness (QED) is 0.497.